The number of amides is 2. The Kier molecular flexibility index (Phi) is 7.09. The average molecular weight is 496 g/mol. The molecule has 0 aliphatic carbocycles. The van der Waals surface area contributed by atoms with E-state index in [2.05, 4.69) is 0 Å². The molecule has 0 bridgehead atoms. The Hall–Kier alpha value is -3.43. The predicted octanol–water partition coefficient (Wildman–Crippen LogP) is 2.94. The van der Waals surface area contributed by atoms with E-state index in [1.54, 1.807) is 25.7 Å². The quantitative estimate of drug-likeness (QED) is 0.499. The van der Waals surface area contributed by atoms with E-state index in [4.69, 9.17) is 5.73 Å². The number of piperazine rings is 1. The van der Waals surface area contributed by atoms with E-state index in [9.17, 15) is 23.9 Å². The maximum Gasteiger partial charge on any atom is 0.252 e. The van der Waals surface area contributed by atoms with Crippen molar-refractivity contribution in [3.05, 3.63) is 81.9 Å². The maximum absolute atomic E-state index is 14.7. The summed E-state index contributed by atoms with van der Waals surface area (Å²) in [4.78, 5) is 40.6. The highest BCUT2D eigenvalue weighted by Gasteiger charge is 2.30. The number of allylic oxidation sites excluding steroid dienone is 1. The first-order valence-electron chi connectivity index (χ1n) is 11.1. The molecule has 0 spiro atoms. The van der Waals surface area contributed by atoms with Gasteiger partial charge >= 0.3 is 0 Å². The van der Waals surface area contributed by atoms with Crippen LogP contribution in [0.3, 0.4) is 0 Å². The molecule has 9 heteroatoms. The van der Waals surface area contributed by atoms with Gasteiger partial charge < -0.3 is 20.6 Å². The van der Waals surface area contributed by atoms with E-state index in [0.29, 0.717) is 23.3 Å². The third kappa shape index (κ3) is 5.16. The molecular weight excluding hydrogens is 469 g/mol. The molecule has 3 N–H and O–H groups in total. The number of rotatable bonds is 4. The third-order valence-electron chi connectivity index (χ3n) is 6.32. The number of benzene rings is 2. The van der Waals surface area contributed by atoms with E-state index in [-0.39, 0.29) is 24.8 Å². The second kappa shape index (κ2) is 10.1. The van der Waals surface area contributed by atoms with Crippen LogP contribution in [-0.2, 0) is 26.6 Å². The molecule has 2 aromatic carbocycles. The van der Waals surface area contributed by atoms with Gasteiger partial charge in [-0.2, -0.15) is 0 Å². The van der Waals surface area contributed by atoms with Gasteiger partial charge in [-0.1, -0.05) is 24.3 Å². The number of thioether (sulfide) groups is 1. The Morgan fingerprint density at radius 3 is 2.77 bits per heavy atom. The number of nitrogens with two attached hydrogens (primary N) is 1. The molecule has 2 aromatic rings. The summed E-state index contributed by atoms with van der Waals surface area (Å²) in [5.41, 5.74) is 9.97. The van der Waals surface area contributed by atoms with Gasteiger partial charge in [0.2, 0.25) is 11.7 Å². The maximum atomic E-state index is 14.7. The fourth-order valence-electron chi connectivity index (χ4n) is 4.19. The van der Waals surface area contributed by atoms with Gasteiger partial charge in [0.15, 0.2) is 5.76 Å². The van der Waals surface area contributed by atoms with Crippen LogP contribution in [0.15, 0.2) is 53.1 Å². The number of ketones is 1. The summed E-state index contributed by atoms with van der Waals surface area (Å²) >= 11 is 1.65. The van der Waals surface area contributed by atoms with Gasteiger partial charge in [0.25, 0.3) is 5.91 Å². The second-order valence-electron chi connectivity index (χ2n) is 8.64. The number of carbonyl (C=O) groups is 3. The molecule has 0 radical (unpaired) electrons. The van der Waals surface area contributed by atoms with Gasteiger partial charge in [0, 0.05) is 23.8 Å². The Labute approximate surface area is 207 Å². The molecular formula is C26H26FN3O4S. The molecule has 1 saturated heterocycles. The minimum atomic E-state index is -0.814. The molecule has 4 rings (SSSR count). The van der Waals surface area contributed by atoms with Crippen LogP contribution in [0.1, 0.15) is 27.8 Å². The topological polar surface area (TPSA) is 104 Å². The smallest absolute Gasteiger partial charge is 0.252 e. The zero-order chi connectivity index (χ0) is 25.3. The first-order valence-corrected chi connectivity index (χ1v) is 12.1. The van der Waals surface area contributed by atoms with Crippen LogP contribution in [0, 0.1) is 12.7 Å². The van der Waals surface area contributed by atoms with Crippen molar-refractivity contribution < 1.29 is 23.9 Å². The fraction of sp³-hybridized carbons (Fsp3) is 0.269. The molecule has 0 unspecified atom stereocenters. The van der Waals surface area contributed by atoms with Crippen molar-refractivity contribution in [3.8, 4) is 0 Å². The third-order valence-corrected chi connectivity index (χ3v) is 7.46. The van der Waals surface area contributed by atoms with Crippen molar-refractivity contribution in [1.29, 1.82) is 0 Å². The molecule has 2 aliphatic heterocycles. The van der Waals surface area contributed by atoms with E-state index >= 15 is 0 Å². The lowest BCUT2D eigenvalue weighted by Gasteiger charge is -2.36. The minimum Gasteiger partial charge on any atom is -0.504 e. The summed E-state index contributed by atoms with van der Waals surface area (Å²) in [7, 11) is 1.58. The predicted molar refractivity (Wildman–Crippen MR) is 132 cm³/mol. The molecule has 0 saturated carbocycles. The Morgan fingerprint density at radius 1 is 1.26 bits per heavy atom. The molecule has 7 nitrogen and oxygen atoms in total. The number of nitrogens with zero attached hydrogens (tertiary/aromatic N) is 2. The average Bonchev–Trinajstić information content (AvgIpc) is 3.02. The molecule has 1 fully saturated rings. The van der Waals surface area contributed by atoms with Crippen molar-refractivity contribution in [2.45, 2.75) is 30.2 Å². The monoisotopic (exact) mass is 495 g/mol. The Bertz CT molecular complexity index is 1270. The number of likely N-dealkylation sites (N-methyl/N-ethyl adjacent to an activating group) is 1. The summed E-state index contributed by atoms with van der Waals surface area (Å²) in [5, 5.41) is 10.2. The summed E-state index contributed by atoms with van der Waals surface area (Å²) in [6.07, 6.45) is 3.17. The van der Waals surface area contributed by atoms with Crippen LogP contribution >= 0.6 is 11.8 Å². The van der Waals surface area contributed by atoms with Gasteiger partial charge in [-0.3, -0.25) is 14.4 Å². The molecule has 2 heterocycles. The van der Waals surface area contributed by atoms with E-state index in [1.165, 1.54) is 17.0 Å². The number of hydrogen-bond acceptors (Lipinski definition) is 6. The van der Waals surface area contributed by atoms with Gasteiger partial charge in [-0.25, -0.2) is 4.39 Å². The van der Waals surface area contributed by atoms with Gasteiger partial charge in [-0.15, -0.1) is 11.8 Å². The lowest BCUT2D eigenvalue weighted by atomic mass is 9.91. The van der Waals surface area contributed by atoms with Crippen LogP contribution in [-0.4, -0.2) is 58.8 Å². The second-order valence-corrected chi connectivity index (χ2v) is 9.65. The molecule has 35 heavy (non-hydrogen) atoms. The molecule has 182 valence electrons. The van der Waals surface area contributed by atoms with Crippen LogP contribution in [0.5, 0.6) is 0 Å². The van der Waals surface area contributed by atoms with E-state index < -0.39 is 23.6 Å². The largest absolute Gasteiger partial charge is 0.504 e. The number of halogens is 1. The standard InChI is InChI=1S/C26H26FN3O4S/c1-15-19-14-35-23-6-4-3-5-17(23)9-18(19)16(10-20(15)27)7-8-21(31)22(32)11-25(33)30-13-26(34)29(2)12-24(30)28/h3-8,10-11,24,32H,9,12-14,28H2,1-2H3/b8-7+,22-11-/t24-/m0/s1. The number of hydrogen-bond donors (Lipinski definition) is 2. The van der Waals surface area contributed by atoms with Crippen molar-refractivity contribution in [2.24, 2.45) is 5.73 Å². The van der Waals surface area contributed by atoms with Gasteiger partial charge in [0.05, 0.1) is 12.7 Å². The highest BCUT2D eigenvalue weighted by Crippen LogP contribution is 2.37. The number of fused-ring (bicyclic) bond motifs is 2. The normalized spacial score (nSPS) is 18.3. The Morgan fingerprint density at radius 2 is 2.00 bits per heavy atom. The molecule has 0 aromatic heterocycles. The first-order chi connectivity index (χ1) is 16.7. The fourth-order valence-corrected chi connectivity index (χ4v) is 5.38. The SMILES string of the molecule is Cc1c(F)cc(/C=C/C(=O)/C(O)=C/C(=O)N2CC(=O)N(C)C[C@H]2N)c2c1CSc1ccccc1C2. The minimum absolute atomic E-state index is 0.151. The number of aliphatic hydroxyl groups excluding tert-OH is 1. The summed E-state index contributed by atoms with van der Waals surface area (Å²) < 4.78 is 14.7. The van der Waals surface area contributed by atoms with Crippen molar-refractivity contribution in [2.75, 3.05) is 20.1 Å². The van der Waals surface area contributed by atoms with Crippen molar-refractivity contribution >= 4 is 35.4 Å². The Balaban J connectivity index is 1.57. The highest BCUT2D eigenvalue weighted by molar-refractivity contribution is 7.98. The van der Waals surface area contributed by atoms with Crippen LogP contribution < -0.4 is 5.73 Å². The van der Waals surface area contributed by atoms with Crippen LogP contribution in [0.2, 0.25) is 0 Å². The number of carbonyl (C=O) groups excluding carboxylic acids is 3. The van der Waals surface area contributed by atoms with E-state index in [1.807, 2.05) is 24.3 Å². The zero-order valence-corrected chi connectivity index (χ0v) is 20.3. The molecule has 1 atom stereocenters. The molecule has 2 aliphatic rings. The summed E-state index contributed by atoms with van der Waals surface area (Å²) in [6.45, 7) is 1.66. The van der Waals surface area contributed by atoms with Gasteiger partial charge in [0.1, 0.15) is 12.4 Å². The van der Waals surface area contributed by atoms with Gasteiger partial charge in [-0.05, 0) is 59.4 Å². The van der Waals surface area contributed by atoms with Crippen LogP contribution in [0.4, 0.5) is 4.39 Å². The summed E-state index contributed by atoms with van der Waals surface area (Å²) in [6, 6.07) is 9.38. The van der Waals surface area contributed by atoms with Crippen molar-refractivity contribution in [1.82, 2.24) is 9.80 Å². The summed E-state index contributed by atoms with van der Waals surface area (Å²) in [5.74, 6) is -2.39. The molecule has 2 amide bonds. The van der Waals surface area contributed by atoms with E-state index in [0.717, 1.165) is 38.6 Å². The van der Waals surface area contributed by atoms with Crippen LogP contribution in [0.25, 0.3) is 6.08 Å². The number of aliphatic hydroxyl groups is 1. The van der Waals surface area contributed by atoms with Crippen molar-refractivity contribution in [3.63, 3.8) is 0 Å². The lowest BCUT2D eigenvalue weighted by Crippen LogP contribution is -2.60. The highest BCUT2D eigenvalue weighted by atomic mass is 32.2. The lowest BCUT2D eigenvalue weighted by molar-refractivity contribution is -0.145. The zero-order valence-electron chi connectivity index (χ0n) is 19.5. The first kappa shape index (κ1) is 24.7.